The van der Waals surface area contributed by atoms with Gasteiger partial charge in [0.25, 0.3) is 5.91 Å². The van der Waals surface area contributed by atoms with Gasteiger partial charge in [-0.2, -0.15) is 16.4 Å². The predicted octanol–water partition coefficient (Wildman–Crippen LogP) is 4.75. The van der Waals surface area contributed by atoms with Gasteiger partial charge in [0, 0.05) is 28.8 Å². The number of amides is 2. The van der Waals surface area contributed by atoms with E-state index in [0.717, 1.165) is 28.1 Å². The van der Waals surface area contributed by atoms with Crippen molar-refractivity contribution in [1.82, 2.24) is 5.43 Å². The largest absolute Gasteiger partial charge is 0.483 e. The van der Waals surface area contributed by atoms with Crippen LogP contribution in [0.5, 0.6) is 5.75 Å². The van der Waals surface area contributed by atoms with E-state index in [0.29, 0.717) is 12.2 Å². The van der Waals surface area contributed by atoms with E-state index < -0.39 is 11.9 Å². The van der Waals surface area contributed by atoms with Crippen molar-refractivity contribution in [2.45, 2.75) is 33.2 Å². The van der Waals surface area contributed by atoms with Crippen molar-refractivity contribution in [3.05, 3.63) is 70.9 Å². The molecular weight excluding hydrogens is 460 g/mol. The number of rotatable bonds is 6. The van der Waals surface area contributed by atoms with Gasteiger partial charge in [-0.1, -0.05) is 51.1 Å². The van der Waals surface area contributed by atoms with Gasteiger partial charge in [-0.3, -0.25) is 9.59 Å². The number of ether oxygens (including phenoxy) is 1. The molecule has 0 bridgehead atoms. The zero-order valence-electron chi connectivity index (χ0n) is 20.2. The molecule has 2 heterocycles. The van der Waals surface area contributed by atoms with E-state index in [9.17, 15) is 9.59 Å². The summed E-state index contributed by atoms with van der Waals surface area (Å²) in [4.78, 5) is 26.7. The molecule has 1 aromatic heterocycles. The van der Waals surface area contributed by atoms with Crippen LogP contribution >= 0.6 is 11.3 Å². The van der Waals surface area contributed by atoms with Gasteiger partial charge < -0.3 is 20.8 Å². The number of hydrazone groups is 1. The molecule has 0 saturated heterocycles. The van der Waals surface area contributed by atoms with E-state index in [1.807, 2.05) is 47.8 Å². The Morgan fingerprint density at radius 3 is 2.54 bits per heavy atom. The number of hydrogen-bond acceptors (Lipinski definition) is 6. The molecule has 0 spiro atoms. The monoisotopic (exact) mass is 490 g/mol. The summed E-state index contributed by atoms with van der Waals surface area (Å²) in [7, 11) is 0. The normalized spacial score (nSPS) is 16.7. The molecule has 0 aliphatic carbocycles. The molecule has 1 atom stereocenters. The lowest BCUT2D eigenvalue weighted by atomic mass is 9.83. The summed E-state index contributed by atoms with van der Waals surface area (Å²) < 4.78 is 5.77. The fraction of sp³-hybridized carbons (Fsp3) is 0.296. The summed E-state index contributed by atoms with van der Waals surface area (Å²) in [5.74, 6) is -0.152. The van der Waals surface area contributed by atoms with Crippen LogP contribution in [-0.2, 0) is 9.59 Å². The first-order valence-electron chi connectivity index (χ1n) is 11.5. The van der Waals surface area contributed by atoms with E-state index in [2.05, 4.69) is 42.7 Å². The Morgan fingerprint density at radius 2 is 1.89 bits per heavy atom. The fourth-order valence-corrected chi connectivity index (χ4v) is 4.77. The van der Waals surface area contributed by atoms with Crippen molar-refractivity contribution in [2.75, 3.05) is 18.1 Å². The third kappa shape index (κ3) is 5.71. The predicted molar refractivity (Wildman–Crippen MR) is 141 cm³/mol. The van der Waals surface area contributed by atoms with Crippen LogP contribution in [0, 0.1) is 5.41 Å². The zero-order valence-corrected chi connectivity index (χ0v) is 21.0. The number of para-hydroxylation sites is 1. The van der Waals surface area contributed by atoms with Crippen LogP contribution in [0.15, 0.2) is 70.5 Å². The average Bonchev–Trinajstić information content (AvgIpc) is 3.35. The second kappa shape index (κ2) is 10.3. The SMILES string of the molecule is CC(C)(C)C1=NNCC(=O)N(c2ccc(-c3ccsc3)cc2)C(c2ccccc2OCC(N)=O)C1. The molecule has 182 valence electrons. The molecule has 0 radical (unpaired) electrons. The molecule has 3 N–H and O–H groups in total. The highest BCUT2D eigenvalue weighted by molar-refractivity contribution is 7.08. The van der Waals surface area contributed by atoms with Crippen LogP contribution in [-0.4, -0.2) is 30.7 Å². The smallest absolute Gasteiger partial charge is 0.255 e. The molecule has 4 rings (SSSR count). The number of hydrogen-bond donors (Lipinski definition) is 2. The van der Waals surface area contributed by atoms with Gasteiger partial charge >= 0.3 is 0 Å². The number of benzene rings is 2. The first kappa shape index (κ1) is 24.5. The van der Waals surface area contributed by atoms with Crippen molar-refractivity contribution in [2.24, 2.45) is 16.3 Å². The van der Waals surface area contributed by atoms with Gasteiger partial charge in [-0.15, -0.1) is 0 Å². The van der Waals surface area contributed by atoms with Crippen molar-refractivity contribution < 1.29 is 14.3 Å². The summed E-state index contributed by atoms with van der Waals surface area (Å²) in [6.07, 6.45) is 0.492. The first-order valence-corrected chi connectivity index (χ1v) is 12.4. The summed E-state index contributed by atoms with van der Waals surface area (Å²) >= 11 is 1.65. The van der Waals surface area contributed by atoms with Crippen molar-refractivity contribution in [3.63, 3.8) is 0 Å². The number of carbonyl (C=O) groups excluding carboxylic acids is 2. The number of nitrogens with zero attached hydrogens (tertiary/aromatic N) is 2. The number of nitrogens with one attached hydrogen (secondary N) is 1. The number of thiophene rings is 1. The first-order chi connectivity index (χ1) is 16.7. The van der Waals surface area contributed by atoms with Crippen LogP contribution in [0.2, 0.25) is 0 Å². The second-order valence-electron chi connectivity index (χ2n) is 9.48. The molecule has 1 aliphatic rings. The highest BCUT2D eigenvalue weighted by Gasteiger charge is 2.34. The molecule has 7 nitrogen and oxygen atoms in total. The van der Waals surface area contributed by atoms with Crippen molar-refractivity contribution in [3.8, 4) is 16.9 Å². The molecule has 2 aromatic carbocycles. The minimum atomic E-state index is -0.560. The lowest BCUT2D eigenvalue weighted by Gasteiger charge is -2.37. The Labute approximate surface area is 209 Å². The standard InChI is InChI=1S/C27H30N4O3S/c1-27(2,3)24-14-22(21-6-4-5-7-23(21)34-16-25(28)32)31(26(33)15-29-30-24)20-10-8-18(9-11-20)19-12-13-35-17-19/h4-13,17,22,29H,14-16H2,1-3H3,(H2,28,32). The molecule has 1 unspecified atom stereocenters. The summed E-state index contributed by atoms with van der Waals surface area (Å²) in [6.45, 7) is 6.12. The van der Waals surface area contributed by atoms with Gasteiger partial charge in [0.15, 0.2) is 6.61 Å². The highest BCUT2D eigenvalue weighted by atomic mass is 32.1. The number of carbonyl (C=O) groups is 2. The minimum absolute atomic E-state index is 0.0622. The Morgan fingerprint density at radius 1 is 1.14 bits per heavy atom. The van der Waals surface area contributed by atoms with E-state index in [1.54, 1.807) is 22.3 Å². The average molecular weight is 491 g/mol. The molecule has 0 saturated carbocycles. The number of primary amides is 1. The quantitative estimate of drug-likeness (QED) is 0.521. The van der Waals surface area contributed by atoms with Crippen molar-refractivity contribution >= 4 is 34.6 Å². The van der Waals surface area contributed by atoms with Crippen LogP contribution in [0.3, 0.4) is 0 Å². The summed E-state index contributed by atoms with van der Waals surface area (Å²) in [5.41, 5.74) is 12.8. The van der Waals surface area contributed by atoms with Gasteiger partial charge in [-0.05, 0) is 46.2 Å². The summed E-state index contributed by atoms with van der Waals surface area (Å²) in [5, 5.41) is 8.71. The van der Waals surface area contributed by atoms with E-state index >= 15 is 0 Å². The Kier molecular flexibility index (Phi) is 7.21. The molecule has 1 aliphatic heterocycles. The third-order valence-electron chi connectivity index (χ3n) is 5.93. The van der Waals surface area contributed by atoms with E-state index in [4.69, 9.17) is 10.5 Å². The molecule has 2 amide bonds. The Hall–Kier alpha value is -3.65. The Bertz CT molecular complexity index is 1210. The number of anilines is 1. The zero-order chi connectivity index (χ0) is 25.0. The Balaban J connectivity index is 1.80. The van der Waals surface area contributed by atoms with Gasteiger partial charge in [0.1, 0.15) is 12.3 Å². The lowest BCUT2D eigenvalue weighted by molar-refractivity contribution is -0.120. The second-order valence-corrected chi connectivity index (χ2v) is 10.3. The maximum Gasteiger partial charge on any atom is 0.255 e. The van der Waals surface area contributed by atoms with E-state index in [1.165, 1.54) is 0 Å². The molecule has 35 heavy (non-hydrogen) atoms. The van der Waals surface area contributed by atoms with Crippen LogP contribution in [0.4, 0.5) is 5.69 Å². The lowest BCUT2D eigenvalue weighted by Crippen LogP contribution is -2.44. The van der Waals surface area contributed by atoms with Crippen LogP contribution in [0.1, 0.15) is 38.8 Å². The van der Waals surface area contributed by atoms with Crippen LogP contribution in [0.25, 0.3) is 11.1 Å². The topological polar surface area (TPSA) is 97.0 Å². The molecular formula is C27H30N4O3S. The molecule has 8 heteroatoms. The highest BCUT2D eigenvalue weighted by Crippen LogP contribution is 2.39. The number of nitrogens with two attached hydrogens (primary N) is 1. The van der Waals surface area contributed by atoms with Gasteiger partial charge in [0.2, 0.25) is 5.91 Å². The molecule has 3 aromatic rings. The van der Waals surface area contributed by atoms with Crippen molar-refractivity contribution in [1.29, 1.82) is 0 Å². The van der Waals surface area contributed by atoms with Crippen LogP contribution < -0.4 is 20.8 Å². The minimum Gasteiger partial charge on any atom is -0.483 e. The molecule has 0 fully saturated rings. The van der Waals surface area contributed by atoms with Gasteiger partial charge in [0.05, 0.1) is 6.04 Å². The fourth-order valence-electron chi connectivity index (χ4n) is 4.11. The van der Waals surface area contributed by atoms with Gasteiger partial charge in [-0.25, -0.2) is 0 Å². The van der Waals surface area contributed by atoms with E-state index in [-0.39, 0.29) is 24.5 Å². The maximum atomic E-state index is 13.5. The maximum absolute atomic E-state index is 13.5. The summed E-state index contributed by atoms with van der Waals surface area (Å²) in [6, 6.07) is 17.2. The third-order valence-corrected chi connectivity index (χ3v) is 6.61.